The molecular formula is C16H15NO5. The topological polar surface area (TPSA) is 79.5 Å². The molecular weight excluding hydrogens is 286 g/mol. The first kappa shape index (κ1) is 15.5. The molecule has 114 valence electrons. The van der Waals surface area contributed by atoms with Crippen LogP contribution in [0.3, 0.4) is 0 Å². The van der Waals surface area contributed by atoms with E-state index in [1.807, 2.05) is 0 Å². The molecule has 0 radical (unpaired) electrons. The zero-order valence-corrected chi connectivity index (χ0v) is 12.2. The normalized spacial score (nSPS) is 11.5. The number of ketones is 1. The number of esters is 1. The summed E-state index contributed by atoms with van der Waals surface area (Å²) in [4.78, 5) is 24.1. The number of aromatic nitrogens is 1. The van der Waals surface area contributed by atoms with Crippen LogP contribution in [0.5, 0.6) is 5.75 Å². The second-order valence-electron chi connectivity index (χ2n) is 4.55. The molecule has 0 N–H and O–H groups in total. The molecule has 22 heavy (non-hydrogen) atoms. The van der Waals surface area contributed by atoms with Crippen molar-refractivity contribution < 1.29 is 23.8 Å². The Labute approximate surface area is 127 Å². The summed E-state index contributed by atoms with van der Waals surface area (Å²) in [5.41, 5.74) is 0.223. The van der Waals surface area contributed by atoms with Crippen LogP contribution in [0.25, 0.3) is 0 Å². The number of rotatable bonds is 5. The minimum absolute atomic E-state index is 0.170. The van der Waals surface area contributed by atoms with Crippen LogP contribution in [0.4, 0.5) is 0 Å². The van der Waals surface area contributed by atoms with Crippen LogP contribution < -0.4 is 9.47 Å². The smallest absolute Gasteiger partial charge is 0.405 e. The van der Waals surface area contributed by atoms with Crippen molar-refractivity contribution in [3.8, 4) is 5.75 Å². The van der Waals surface area contributed by atoms with Crippen molar-refractivity contribution in [2.45, 2.75) is 13.0 Å². The highest BCUT2D eigenvalue weighted by molar-refractivity contribution is 6.01. The highest BCUT2D eigenvalue weighted by Gasteiger charge is 2.24. The molecule has 1 aromatic carbocycles. The number of benzene rings is 1. The fourth-order valence-electron chi connectivity index (χ4n) is 1.85. The summed E-state index contributed by atoms with van der Waals surface area (Å²) >= 11 is 0. The van der Waals surface area contributed by atoms with Gasteiger partial charge in [-0.15, -0.1) is 0 Å². The van der Waals surface area contributed by atoms with Crippen molar-refractivity contribution in [1.82, 2.24) is 0 Å². The zero-order chi connectivity index (χ0) is 16.1. The average molecular weight is 301 g/mol. The first-order valence-corrected chi connectivity index (χ1v) is 6.60. The standard InChI is InChI=1S/C16H15NO5/c1-11(15(18)12-6-8-13(21-2)9-7-12)22-16(19)14-5-3-4-10-17(14)20/h3-11H,1-2H3/t11-/m1/s1. The maximum atomic E-state index is 12.2. The van der Waals surface area contributed by atoms with Gasteiger partial charge in [0.05, 0.1) is 7.11 Å². The van der Waals surface area contributed by atoms with Gasteiger partial charge in [-0.05, 0) is 37.3 Å². The summed E-state index contributed by atoms with van der Waals surface area (Å²) in [6.07, 6.45) is 0.188. The number of pyridine rings is 1. The van der Waals surface area contributed by atoms with Crippen LogP contribution in [0.15, 0.2) is 48.7 Å². The predicted molar refractivity (Wildman–Crippen MR) is 77.6 cm³/mol. The monoisotopic (exact) mass is 301 g/mol. The van der Waals surface area contributed by atoms with Crippen LogP contribution in [0, 0.1) is 5.21 Å². The summed E-state index contributed by atoms with van der Waals surface area (Å²) < 4.78 is 10.5. The van der Waals surface area contributed by atoms with E-state index in [0.717, 1.165) is 0 Å². The minimum Gasteiger partial charge on any atom is -0.618 e. The Kier molecular flexibility index (Phi) is 4.73. The van der Waals surface area contributed by atoms with Crippen molar-refractivity contribution >= 4 is 11.8 Å². The largest absolute Gasteiger partial charge is 0.618 e. The van der Waals surface area contributed by atoms with E-state index in [1.165, 1.54) is 32.4 Å². The molecule has 0 bridgehead atoms. The van der Waals surface area contributed by atoms with Gasteiger partial charge >= 0.3 is 11.7 Å². The molecule has 2 rings (SSSR count). The van der Waals surface area contributed by atoms with Gasteiger partial charge in [0.15, 0.2) is 12.3 Å². The molecule has 0 unspecified atom stereocenters. The third kappa shape index (κ3) is 3.41. The van der Waals surface area contributed by atoms with Gasteiger partial charge < -0.3 is 14.7 Å². The molecule has 0 aliphatic carbocycles. The van der Waals surface area contributed by atoms with E-state index < -0.39 is 12.1 Å². The van der Waals surface area contributed by atoms with Crippen molar-refractivity contribution in [2.75, 3.05) is 7.11 Å². The zero-order valence-electron chi connectivity index (χ0n) is 12.2. The Morgan fingerprint density at radius 3 is 2.41 bits per heavy atom. The molecule has 0 saturated heterocycles. The molecule has 1 heterocycles. The first-order valence-electron chi connectivity index (χ1n) is 6.60. The first-order chi connectivity index (χ1) is 10.5. The number of ether oxygens (including phenoxy) is 2. The lowest BCUT2D eigenvalue weighted by atomic mass is 10.1. The lowest BCUT2D eigenvalue weighted by Gasteiger charge is -2.12. The Morgan fingerprint density at radius 1 is 1.14 bits per heavy atom. The molecule has 6 nitrogen and oxygen atoms in total. The second-order valence-corrected chi connectivity index (χ2v) is 4.55. The third-order valence-corrected chi connectivity index (χ3v) is 3.06. The summed E-state index contributed by atoms with van der Waals surface area (Å²) in [6.45, 7) is 1.46. The number of hydrogen-bond acceptors (Lipinski definition) is 5. The SMILES string of the molecule is COc1ccc(C(=O)[C@@H](C)OC(=O)c2cccc[n+]2[O-])cc1. The maximum Gasteiger partial charge on any atom is 0.405 e. The van der Waals surface area contributed by atoms with Gasteiger partial charge in [-0.25, -0.2) is 4.79 Å². The van der Waals surface area contributed by atoms with Crippen LogP contribution >= 0.6 is 0 Å². The van der Waals surface area contributed by atoms with Gasteiger partial charge in [0.25, 0.3) is 0 Å². The lowest BCUT2D eigenvalue weighted by Crippen LogP contribution is -2.36. The summed E-state index contributed by atoms with van der Waals surface area (Å²) in [5, 5.41) is 11.5. The number of Topliss-reactive ketones (excluding diaryl/α,β-unsaturated/α-hetero) is 1. The average Bonchev–Trinajstić information content (AvgIpc) is 2.54. The van der Waals surface area contributed by atoms with Crippen LogP contribution in [-0.2, 0) is 4.74 Å². The van der Waals surface area contributed by atoms with Crippen molar-refractivity contribution in [3.63, 3.8) is 0 Å². The summed E-state index contributed by atoms with van der Waals surface area (Å²) in [6, 6.07) is 10.8. The molecule has 0 fully saturated rings. The van der Waals surface area contributed by atoms with Gasteiger partial charge in [0.2, 0.25) is 5.78 Å². The van der Waals surface area contributed by atoms with Crippen LogP contribution in [0.2, 0.25) is 0 Å². The quantitative estimate of drug-likeness (QED) is 0.364. The molecule has 0 aliphatic rings. The van der Waals surface area contributed by atoms with Gasteiger partial charge in [-0.1, -0.05) is 0 Å². The summed E-state index contributed by atoms with van der Waals surface area (Å²) in [7, 11) is 1.53. The number of nitrogens with zero attached hydrogens (tertiary/aromatic N) is 1. The van der Waals surface area contributed by atoms with E-state index in [9.17, 15) is 14.8 Å². The predicted octanol–water partition coefficient (Wildman–Crippen LogP) is 1.76. The van der Waals surface area contributed by atoms with Crippen LogP contribution in [-0.4, -0.2) is 25.0 Å². The van der Waals surface area contributed by atoms with Crippen molar-refractivity contribution in [1.29, 1.82) is 0 Å². The van der Waals surface area contributed by atoms with E-state index in [0.29, 0.717) is 16.0 Å². The second kappa shape index (κ2) is 6.71. The number of carbonyl (C=O) groups excluding carboxylic acids is 2. The van der Waals surface area contributed by atoms with E-state index in [2.05, 4.69) is 0 Å². The van der Waals surface area contributed by atoms with Crippen molar-refractivity contribution in [3.05, 3.63) is 65.1 Å². The van der Waals surface area contributed by atoms with Crippen molar-refractivity contribution in [2.24, 2.45) is 0 Å². The number of hydrogen-bond donors (Lipinski definition) is 0. The fraction of sp³-hybridized carbons (Fsp3) is 0.188. The minimum atomic E-state index is -0.999. The molecule has 1 aromatic heterocycles. The molecule has 0 aliphatic heterocycles. The fourth-order valence-corrected chi connectivity index (χ4v) is 1.85. The Hall–Kier alpha value is -2.89. The Bertz CT molecular complexity index is 681. The molecule has 0 spiro atoms. The number of carbonyl (C=O) groups is 2. The third-order valence-electron chi connectivity index (χ3n) is 3.06. The Balaban J connectivity index is 2.07. The molecule has 6 heteroatoms. The summed E-state index contributed by atoms with van der Waals surface area (Å²) in [5.74, 6) is -0.577. The van der Waals surface area contributed by atoms with Gasteiger partial charge in [0, 0.05) is 17.7 Å². The van der Waals surface area contributed by atoms with E-state index in [4.69, 9.17) is 9.47 Å². The van der Waals surface area contributed by atoms with Gasteiger partial charge in [0.1, 0.15) is 5.75 Å². The van der Waals surface area contributed by atoms with Gasteiger partial charge in [-0.3, -0.25) is 4.79 Å². The molecule has 0 amide bonds. The Morgan fingerprint density at radius 2 is 1.82 bits per heavy atom. The molecule has 2 aromatic rings. The highest BCUT2D eigenvalue weighted by Crippen LogP contribution is 2.14. The van der Waals surface area contributed by atoms with E-state index in [-0.39, 0.29) is 11.5 Å². The molecule has 1 atom stereocenters. The lowest BCUT2D eigenvalue weighted by molar-refractivity contribution is -0.608. The van der Waals surface area contributed by atoms with Gasteiger partial charge in [-0.2, -0.15) is 4.73 Å². The van der Waals surface area contributed by atoms with E-state index >= 15 is 0 Å². The highest BCUT2D eigenvalue weighted by atomic mass is 16.6. The van der Waals surface area contributed by atoms with E-state index in [1.54, 1.807) is 30.3 Å². The number of methoxy groups -OCH3 is 1. The molecule has 0 saturated carbocycles. The van der Waals surface area contributed by atoms with Crippen LogP contribution in [0.1, 0.15) is 27.8 Å². The maximum absolute atomic E-state index is 12.2.